The van der Waals surface area contributed by atoms with Crippen LogP contribution in [0.3, 0.4) is 0 Å². The van der Waals surface area contributed by atoms with Crippen molar-refractivity contribution in [2.24, 2.45) is 0 Å². The van der Waals surface area contributed by atoms with Crippen LogP contribution in [-0.2, 0) is 4.79 Å². The first-order valence-corrected chi connectivity index (χ1v) is 11.5. The molecule has 3 aromatic rings. The number of carbonyl (C=O) groups is 3. The van der Waals surface area contributed by atoms with Crippen LogP contribution in [0.1, 0.15) is 44.5 Å². The Morgan fingerprint density at radius 1 is 1.06 bits per heavy atom. The lowest BCUT2D eigenvalue weighted by molar-refractivity contribution is -0.128. The number of thiophene rings is 1. The van der Waals surface area contributed by atoms with Crippen molar-refractivity contribution in [1.82, 2.24) is 10.2 Å². The molecule has 2 aromatic carbocycles. The molecular formula is C24H22ClN3O3S. The van der Waals surface area contributed by atoms with Gasteiger partial charge in [-0.1, -0.05) is 48.0 Å². The summed E-state index contributed by atoms with van der Waals surface area (Å²) >= 11 is 7.57. The van der Waals surface area contributed by atoms with Gasteiger partial charge in [0.1, 0.15) is 0 Å². The van der Waals surface area contributed by atoms with Gasteiger partial charge in [-0.05, 0) is 41.6 Å². The topological polar surface area (TPSA) is 78.5 Å². The number of amides is 3. The highest BCUT2D eigenvalue weighted by Crippen LogP contribution is 2.25. The molecule has 1 aliphatic heterocycles. The molecule has 1 aromatic heterocycles. The molecule has 0 aliphatic carbocycles. The van der Waals surface area contributed by atoms with Gasteiger partial charge in [0.2, 0.25) is 5.91 Å². The number of hydrogen-bond donors (Lipinski definition) is 2. The maximum Gasteiger partial charge on any atom is 0.265 e. The van der Waals surface area contributed by atoms with Gasteiger partial charge in [0.05, 0.1) is 21.6 Å². The summed E-state index contributed by atoms with van der Waals surface area (Å²) in [5, 5.41) is 7.96. The van der Waals surface area contributed by atoms with Crippen LogP contribution < -0.4 is 10.6 Å². The number of anilines is 1. The molecule has 3 amide bonds. The Morgan fingerprint density at radius 2 is 1.88 bits per heavy atom. The summed E-state index contributed by atoms with van der Waals surface area (Å²) in [5.41, 5.74) is 1.65. The van der Waals surface area contributed by atoms with Gasteiger partial charge in [0.25, 0.3) is 11.8 Å². The van der Waals surface area contributed by atoms with Crippen LogP contribution in [0.25, 0.3) is 0 Å². The lowest BCUT2D eigenvalue weighted by Gasteiger charge is -2.25. The van der Waals surface area contributed by atoms with Crippen molar-refractivity contribution in [2.45, 2.75) is 18.9 Å². The number of rotatable bonds is 7. The van der Waals surface area contributed by atoms with Gasteiger partial charge in [0.15, 0.2) is 0 Å². The second-order valence-electron chi connectivity index (χ2n) is 7.51. The van der Waals surface area contributed by atoms with E-state index in [1.807, 2.05) is 35.7 Å². The highest BCUT2D eigenvalue weighted by molar-refractivity contribution is 7.12. The summed E-state index contributed by atoms with van der Waals surface area (Å²) in [4.78, 5) is 40.0. The first-order chi connectivity index (χ1) is 15.5. The molecule has 32 heavy (non-hydrogen) atoms. The third-order valence-corrected chi connectivity index (χ3v) is 6.50. The molecule has 1 unspecified atom stereocenters. The molecule has 2 heterocycles. The fourth-order valence-electron chi connectivity index (χ4n) is 3.63. The summed E-state index contributed by atoms with van der Waals surface area (Å²) in [6.45, 7) is 1.10. The standard InChI is InChI=1S/C24H22ClN3O3S/c25-18-11-10-17(14-19(18)26-24(31)21-8-5-13-32-21)23(30)27-20(16-6-2-1-3-7-16)15-28-12-4-9-22(28)29/h1-3,5-8,10-11,13-14,20H,4,9,12,15H2,(H,26,31)(H,27,30). The van der Waals surface area contributed by atoms with Gasteiger partial charge >= 0.3 is 0 Å². The third-order valence-electron chi connectivity index (χ3n) is 5.30. The van der Waals surface area contributed by atoms with Crippen LogP contribution in [0.2, 0.25) is 5.02 Å². The number of hydrogen-bond acceptors (Lipinski definition) is 4. The Morgan fingerprint density at radius 3 is 2.56 bits per heavy atom. The molecule has 0 radical (unpaired) electrons. The Kier molecular flexibility index (Phi) is 6.87. The molecule has 1 saturated heterocycles. The van der Waals surface area contributed by atoms with E-state index < -0.39 is 0 Å². The monoisotopic (exact) mass is 467 g/mol. The van der Waals surface area contributed by atoms with E-state index in [9.17, 15) is 14.4 Å². The highest BCUT2D eigenvalue weighted by atomic mass is 35.5. The summed E-state index contributed by atoms with van der Waals surface area (Å²) in [7, 11) is 0. The maximum atomic E-state index is 13.1. The fraction of sp³-hybridized carbons (Fsp3) is 0.208. The van der Waals surface area contributed by atoms with E-state index in [0.29, 0.717) is 40.7 Å². The third kappa shape index (κ3) is 5.18. The number of carbonyl (C=O) groups excluding carboxylic acids is 3. The lowest BCUT2D eigenvalue weighted by Crippen LogP contribution is -2.38. The highest BCUT2D eigenvalue weighted by Gasteiger charge is 2.26. The molecule has 2 N–H and O–H groups in total. The van der Waals surface area contributed by atoms with Crippen LogP contribution in [0.4, 0.5) is 5.69 Å². The summed E-state index contributed by atoms with van der Waals surface area (Å²) in [5.74, 6) is -0.492. The van der Waals surface area contributed by atoms with E-state index in [1.54, 1.807) is 35.2 Å². The van der Waals surface area contributed by atoms with Gasteiger partial charge < -0.3 is 15.5 Å². The van der Waals surface area contributed by atoms with Crippen molar-refractivity contribution in [1.29, 1.82) is 0 Å². The van der Waals surface area contributed by atoms with Gasteiger partial charge in [-0.3, -0.25) is 14.4 Å². The molecule has 4 rings (SSSR count). The maximum absolute atomic E-state index is 13.1. The second-order valence-corrected chi connectivity index (χ2v) is 8.86. The van der Waals surface area contributed by atoms with Crippen molar-refractivity contribution in [3.05, 3.63) is 87.1 Å². The van der Waals surface area contributed by atoms with E-state index in [1.165, 1.54) is 11.3 Å². The van der Waals surface area contributed by atoms with Crippen molar-refractivity contribution in [3.8, 4) is 0 Å². The zero-order valence-electron chi connectivity index (χ0n) is 17.2. The summed E-state index contributed by atoms with van der Waals surface area (Å²) < 4.78 is 0. The van der Waals surface area contributed by atoms with Gasteiger partial charge in [-0.25, -0.2) is 0 Å². The Balaban J connectivity index is 1.52. The molecule has 1 fully saturated rings. The minimum Gasteiger partial charge on any atom is -0.343 e. The number of benzene rings is 2. The minimum absolute atomic E-state index is 0.102. The molecule has 164 valence electrons. The van der Waals surface area contributed by atoms with Crippen LogP contribution in [-0.4, -0.2) is 35.7 Å². The average Bonchev–Trinajstić information content (AvgIpc) is 3.48. The zero-order chi connectivity index (χ0) is 22.5. The molecule has 6 nitrogen and oxygen atoms in total. The Labute approximate surface area is 195 Å². The average molecular weight is 468 g/mol. The minimum atomic E-state index is -0.356. The van der Waals surface area contributed by atoms with Crippen molar-refractivity contribution in [3.63, 3.8) is 0 Å². The molecule has 0 bridgehead atoms. The van der Waals surface area contributed by atoms with E-state index in [2.05, 4.69) is 10.6 Å². The van der Waals surface area contributed by atoms with E-state index in [-0.39, 0.29) is 23.8 Å². The van der Waals surface area contributed by atoms with Gasteiger partial charge in [0, 0.05) is 25.1 Å². The Bertz CT molecular complexity index is 1120. The molecular weight excluding hydrogens is 446 g/mol. The normalized spacial score (nSPS) is 14.3. The SMILES string of the molecule is O=C(NC(CN1CCCC1=O)c1ccccc1)c1ccc(Cl)c(NC(=O)c2cccs2)c1. The van der Waals surface area contributed by atoms with Crippen molar-refractivity contribution >= 4 is 46.3 Å². The van der Waals surface area contributed by atoms with Crippen LogP contribution >= 0.6 is 22.9 Å². The zero-order valence-corrected chi connectivity index (χ0v) is 18.8. The predicted octanol–water partition coefficient (Wildman–Crippen LogP) is 4.75. The Hall–Kier alpha value is -3.16. The molecule has 8 heteroatoms. The fourth-order valence-corrected chi connectivity index (χ4v) is 4.42. The first kappa shape index (κ1) is 22.0. The quantitative estimate of drug-likeness (QED) is 0.526. The van der Waals surface area contributed by atoms with Gasteiger partial charge in [-0.15, -0.1) is 11.3 Å². The van der Waals surface area contributed by atoms with E-state index in [4.69, 9.17) is 11.6 Å². The van der Waals surface area contributed by atoms with E-state index in [0.717, 1.165) is 12.0 Å². The predicted molar refractivity (Wildman–Crippen MR) is 126 cm³/mol. The second kappa shape index (κ2) is 9.97. The largest absolute Gasteiger partial charge is 0.343 e. The summed E-state index contributed by atoms with van der Waals surface area (Å²) in [6.07, 6.45) is 1.37. The first-order valence-electron chi connectivity index (χ1n) is 10.3. The molecule has 1 atom stereocenters. The number of likely N-dealkylation sites (tertiary alicyclic amines) is 1. The number of nitrogens with one attached hydrogen (secondary N) is 2. The number of nitrogens with zero attached hydrogens (tertiary/aromatic N) is 1. The smallest absolute Gasteiger partial charge is 0.265 e. The summed E-state index contributed by atoms with van der Waals surface area (Å²) in [6, 6.07) is 17.5. The van der Waals surface area contributed by atoms with E-state index >= 15 is 0 Å². The molecule has 1 aliphatic rings. The van der Waals surface area contributed by atoms with Crippen LogP contribution in [0.15, 0.2) is 66.0 Å². The van der Waals surface area contributed by atoms with Crippen molar-refractivity contribution < 1.29 is 14.4 Å². The van der Waals surface area contributed by atoms with Gasteiger partial charge in [-0.2, -0.15) is 0 Å². The number of halogens is 1. The van der Waals surface area contributed by atoms with Crippen LogP contribution in [0, 0.1) is 0 Å². The molecule has 0 saturated carbocycles. The van der Waals surface area contributed by atoms with Crippen molar-refractivity contribution in [2.75, 3.05) is 18.4 Å². The van der Waals surface area contributed by atoms with Crippen LogP contribution in [0.5, 0.6) is 0 Å². The molecule has 0 spiro atoms. The lowest BCUT2D eigenvalue weighted by atomic mass is 10.1.